The van der Waals surface area contributed by atoms with E-state index in [4.69, 9.17) is 5.73 Å². The van der Waals surface area contributed by atoms with E-state index >= 15 is 0 Å². The molecule has 2 atom stereocenters. The molecule has 0 aliphatic heterocycles. The Morgan fingerprint density at radius 3 is 2.71 bits per heavy atom. The molecule has 0 radical (unpaired) electrons. The van der Waals surface area contributed by atoms with Crippen LogP contribution in [0.4, 0.5) is 5.69 Å². The number of amides is 1. The van der Waals surface area contributed by atoms with Crippen molar-refractivity contribution in [3.8, 4) is 0 Å². The normalized spacial score (nSPS) is 14.0. The monoisotopic (exact) mass is 323 g/mol. The summed E-state index contributed by atoms with van der Waals surface area (Å²) in [5.74, 6) is 0.0305. The first-order valence-corrected chi connectivity index (χ1v) is 8.64. The van der Waals surface area contributed by atoms with Crippen LogP contribution < -0.4 is 11.1 Å². The molecule has 0 aliphatic rings. The maximum absolute atomic E-state index is 12.3. The van der Waals surface area contributed by atoms with Crippen molar-refractivity contribution >= 4 is 33.4 Å². The third kappa shape index (κ3) is 2.89. The minimum atomic E-state index is -0.486. The number of aromatic amines is 1. The molecule has 24 heavy (non-hydrogen) atoms. The minimum Gasteiger partial charge on any atom is -0.354 e. The predicted octanol–water partition coefficient (Wildman–Crippen LogP) is 4.20. The van der Waals surface area contributed by atoms with Crippen molar-refractivity contribution in [1.29, 1.82) is 0 Å². The number of aryl methyl sites for hydroxylation is 1. The van der Waals surface area contributed by atoms with Crippen LogP contribution in [-0.2, 0) is 11.2 Å². The van der Waals surface area contributed by atoms with Gasteiger partial charge in [-0.15, -0.1) is 0 Å². The first-order valence-electron chi connectivity index (χ1n) is 8.64. The summed E-state index contributed by atoms with van der Waals surface area (Å²) in [6.45, 7) is 6.19. The van der Waals surface area contributed by atoms with E-state index < -0.39 is 6.04 Å². The highest BCUT2D eigenvalue weighted by molar-refractivity contribution is 6.09. The summed E-state index contributed by atoms with van der Waals surface area (Å²) in [7, 11) is 0. The SMILES string of the molecule is CCc1cccc2c1[nH]c1cc(NC(=O)[C@@H](N)C(C)CC)ccc12. The molecule has 1 amide bonds. The number of carbonyl (C=O) groups is 1. The van der Waals surface area contributed by atoms with Crippen molar-refractivity contribution in [1.82, 2.24) is 4.98 Å². The molecular weight excluding hydrogens is 298 g/mol. The van der Waals surface area contributed by atoms with E-state index in [9.17, 15) is 4.79 Å². The van der Waals surface area contributed by atoms with Gasteiger partial charge in [0.2, 0.25) is 5.91 Å². The number of anilines is 1. The van der Waals surface area contributed by atoms with Gasteiger partial charge < -0.3 is 16.0 Å². The number of benzene rings is 2. The molecule has 2 aromatic carbocycles. The fourth-order valence-corrected chi connectivity index (χ4v) is 3.10. The topological polar surface area (TPSA) is 70.9 Å². The Hall–Kier alpha value is -2.33. The molecule has 0 bridgehead atoms. The van der Waals surface area contributed by atoms with E-state index in [2.05, 4.69) is 41.5 Å². The molecule has 1 heterocycles. The van der Waals surface area contributed by atoms with Crippen LogP contribution in [0.5, 0.6) is 0 Å². The van der Waals surface area contributed by atoms with Gasteiger partial charge in [-0.05, 0) is 30.0 Å². The second-order valence-corrected chi connectivity index (χ2v) is 6.48. The lowest BCUT2D eigenvalue weighted by molar-refractivity contribution is -0.118. The molecule has 4 N–H and O–H groups in total. The quantitative estimate of drug-likeness (QED) is 0.658. The number of carbonyl (C=O) groups excluding carboxylic acids is 1. The molecule has 0 spiro atoms. The van der Waals surface area contributed by atoms with E-state index in [1.54, 1.807) is 0 Å². The van der Waals surface area contributed by atoms with Crippen LogP contribution in [0.3, 0.4) is 0 Å². The molecule has 0 saturated heterocycles. The Morgan fingerprint density at radius 1 is 1.21 bits per heavy atom. The number of fused-ring (bicyclic) bond motifs is 3. The number of nitrogens with one attached hydrogen (secondary N) is 2. The molecule has 4 heteroatoms. The average Bonchev–Trinajstić information content (AvgIpc) is 2.97. The highest BCUT2D eigenvalue weighted by Gasteiger charge is 2.19. The standard InChI is InChI=1S/C20H25N3O/c1-4-12(3)18(21)20(24)22-14-9-10-15-16-8-6-7-13(5-2)19(16)23-17(15)11-14/h6-12,18,23H,4-5,21H2,1-3H3,(H,22,24)/t12?,18-/m0/s1. The van der Waals surface area contributed by atoms with Crippen LogP contribution in [0.2, 0.25) is 0 Å². The van der Waals surface area contributed by atoms with E-state index in [0.717, 1.165) is 24.0 Å². The first-order chi connectivity index (χ1) is 11.5. The van der Waals surface area contributed by atoms with Crippen LogP contribution in [-0.4, -0.2) is 16.9 Å². The summed E-state index contributed by atoms with van der Waals surface area (Å²) in [6.07, 6.45) is 1.87. The Morgan fingerprint density at radius 2 is 2.00 bits per heavy atom. The van der Waals surface area contributed by atoms with Gasteiger partial charge in [-0.1, -0.05) is 51.5 Å². The van der Waals surface area contributed by atoms with Gasteiger partial charge in [0.15, 0.2) is 0 Å². The Labute approximate surface area is 142 Å². The molecule has 3 aromatic rings. The number of para-hydroxylation sites is 1. The van der Waals surface area contributed by atoms with Crippen molar-refractivity contribution in [2.75, 3.05) is 5.32 Å². The second-order valence-electron chi connectivity index (χ2n) is 6.48. The van der Waals surface area contributed by atoms with Gasteiger partial charge in [0.1, 0.15) is 0 Å². The van der Waals surface area contributed by atoms with E-state index in [0.29, 0.717) is 0 Å². The minimum absolute atomic E-state index is 0.131. The molecule has 3 rings (SSSR count). The van der Waals surface area contributed by atoms with Gasteiger partial charge in [0, 0.05) is 27.5 Å². The zero-order valence-corrected chi connectivity index (χ0v) is 14.5. The van der Waals surface area contributed by atoms with Crippen molar-refractivity contribution in [2.24, 2.45) is 11.7 Å². The third-order valence-electron chi connectivity index (χ3n) is 4.93. The van der Waals surface area contributed by atoms with Crippen molar-refractivity contribution < 1.29 is 4.79 Å². The predicted molar refractivity (Wildman–Crippen MR) is 101 cm³/mol. The summed E-state index contributed by atoms with van der Waals surface area (Å²) < 4.78 is 0. The lowest BCUT2D eigenvalue weighted by atomic mass is 9.99. The molecule has 0 saturated carbocycles. The maximum Gasteiger partial charge on any atom is 0.241 e. The Kier molecular flexibility index (Phi) is 4.58. The van der Waals surface area contributed by atoms with Crippen molar-refractivity contribution in [3.63, 3.8) is 0 Å². The van der Waals surface area contributed by atoms with Crippen LogP contribution in [0.25, 0.3) is 21.8 Å². The summed E-state index contributed by atoms with van der Waals surface area (Å²) in [6, 6.07) is 11.9. The smallest absolute Gasteiger partial charge is 0.241 e. The zero-order chi connectivity index (χ0) is 17.3. The third-order valence-corrected chi connectivity index (χ3v) is 4.93. The summed E-state index contributed by atoms with van der Waals surface area (Å²) in [5.41, 5.74) is 10.3. The van der Waals surface area contributed by atoms with Gasteiger partial charge in [-0.2, -0.15) is 0 Å². The molecule has 126 valence electrons. The van der Waals surface area contributed by atoms with Gasteiger partial charge >= 0.3 is 0 Å². The lowest BCUT2D eigenvalue weighted by Crippen LogP contribution is -2.40. The van der Waals surface area contributed by atoms with Crippen molar-refractivity contribution in [3.05, 3.63) is 42.0 Å². The maximum atomic E-state index is 12.3. The van der Waals surface area contributed by atoms with Gasteiger partial charge in [0.25, 0.3) is 0 Å². The average molecular weight is 323 g/mol. The largest absolute Gasteiger partial charge is 0.354 e. The fraction of sp³-hybridized carbons (Fsp3) is 0.350. The first kappa shape index (κ1) is 16.5. The zero-order valence-electron chi connectivity index (χ0n) is 14.5. The molecule has 4 nitrogen and oxygen atoms in total. The number of aromatic nitrogens is 1. The van der Waals surface area contributed by atoms with E-state index in [1.165, 1.54) is 21.9 Å². The van der Waals surface area contributed by atoms with Gasteiger partial charge in [0.05, 0.1) is 6.04 Å². The lowest BCUT2D eigenvalue weighted by Gasteiger charge is -2.17. The van der Waals surface area contributed by atoms with Crippen molar-refractivity contribution in [2.45, 2.75) is 39.7 Å². The van der Waals surface area contributed by atoms with Crippen LogP contribution in [0, 0.1) is 5.92 Å². The van der Waals surface area contributed by atoms with Crippen LogP contribution in [0.1, 0.15) is 32.8 Å². The van der Waals surface area contributed by atoms with Crippen LogP contribution >= 0.6 is 0 Å². The summed E-state index contributed by atoms with van der Waals surface area (Å²) in [5, 5.41) is 5.33. The summed E-state index contributed by atoms with van der Waals surface area (Å²) in [4.78, 5) is 15.8. The number of hydrogen-bond donors (Lipinski definition) is 3. The number of rotatable bonds is 5. The molecule has 1 aromatic heterocycles. The number of H-pyrrole nitrogens is 1. The van der Waals surface area contributed by atoms with E-state index in [-0.39, 0.29) is 11.8 Å². The highest BCUT2D eigenvalue weighted by Crippen LogP contribution is 2.29. The molecule has 1 unspecified atom stereocenters. The molecule has 0 fully saturated rings. The number of hydrogen-bond acceptors (Lipinski definition) is 2. The Bertz CT molecular complexity index is 881. The number of nitrogens with two attached hydrogens (primary N) is 1. The molecular formula is C20H25N3O. The highest BCUT2D eigenvalue weighted by atomic mass is 16.2. The van der Waals surface area contributed by atoms with Crippen LogP contribution in [0.15, 0.2) is 36.4 Å². The Balaban J connectivity index is 1.94. The van der Waals surface area contributed by atoms with Gasteiger partial charge in [-0.25, -0.2) is 0 Å². The fourth-order valence-electron chi connectivity index (χ4n) is 3.10. The van der Waals surface area contributed by atoms with E-state index in [1.807, 2.05) is 26.0 Å². The molecule has 0 aliphatic carbocycles. The second kappa shape index (κ2) is 6.65. The van der Waals surface area contributed by atoms with Gasteiger partial charge in [-0.3, -0.25) is 4.79 Å². The summed E-state index contributed by atoms with van der Waals surface area (Å²) >= 11 is 0.